The summed E-state index contributed by atoms with van der Waals surface area (Å²) in [5.41, 5.74) is 1.98. The molecule has 1 heterocycles. The number of alkyl carbamates (subject to hydrolysis) is 1. The third kappa shape index (κ3) is 9.45. The van der Waals surface area contributed by atoms with Crippen LogP contribution in [-0.2, 0) is 22.6 Å². The number of hydrogen-bond donors (Lipinski definition) is 4. The van der Waals surface area contributed by atoms with Crippen LogP contribution >= 0.6 is 11.3 Å². The maximum absolute atomic E-state index is 13.5. The van der Waals surface area contributed by atoms with Crippen molar-refractivity contribution in [3.8, 4) is 10.4 Å². The Labute approximate surface area is 255 Å². The van der Waals surface area contributed by atoms with Gasteiger partial charge in [0.1, 0.15) is 0 Å². The quantitative estimate of drug-likeness (QED) is 0.199. The van der Waals surface area contributed by atoms with Crippen LogP contribution in [0.3, 0.4) is 0 Å². The molecule has 1 unspecified atom stereocenters. The number of urea groups is 1. The SMILES string of the molecule is CC(C)OC(=O)N[C@H]1CC[C@@H](c2ncc(-c3ccc(NC(=O)NCc4ccccc4)cc3[S+]([O-])NC(C)(C)C)s2)CC1. The normalized spacial score (nSPS) is 17.9. The number of thiazole rings is 1. The van der Waals surface area contributed by atoms with Gasteiger partial charge in [0, 0.05) is 36.5 Å². The van der Waals surface area contributed by atoms with Crippen LogP contribution in [-0.4, -0.2) is 39.3 Å². The summed E-state index contributed by atoms with van der Waals surface area (Å²) >= 11 is 0.0772. The van der Waals surface area contributed by atoms with Crippen LogP contribution in [0.2, 0.25) is 0 Å². The van der Waals surface area contributed by atoms with E-state index < -0.39 is 11.4 Å². The van der Waals surface area contributed by atoms with E-state index in [-0.39, 0.29) is 29.8 Å². The predicted octanol–water partition coefficient (Wildman–Crippen LogP) is 6.70. The zero-order valence-electron chi connectivity index (χ0n) is 24.9. The number of ether oxygens (including phenoxy) is 1. The molecule has 0 spiro atoms. The van der Waals surface area contributed by atoms with Gasteiger partial charge >= 0.3 is 12.1 Å². The zero-order chi connectivity index (χ0) is 30.3. The molecular formula is C31H41N5O4S2. The number of carbonyl (C=O) groups is 2. The van der Waals surface area contributed by atoms with Gasteiger partial charge in [-0.1, -0.05) is 30.3 Å². The molecule has 42 heavy (non-hydrogen) atoms. The summed E-state index contributed by atoms with van der Waals surface area (Å²) in [5, 5.41) is 9.74. The number of rotatable bonds is 9. The second kappa shape index (κ2) is 14.4. The highest BCUT2D eigenvalue weighted by atomic mass is 32.2. The summed E-state index contributed by atoms with van der Waals surface area (Å²) in [5.74, 6) is 0.304. The third-order valence-electron chi connectivity index (χ3n) is 6.66. The molecule has 0 saturated heterocycles. The van der Waals surface area contributed by atoms with E-state index in [0.29, 0.717) is 23.0 Å². The van der Waals surface area contributed by atoms with Crippen LogP contribution in [0.1, 0.15) is 76.8 Å². The number of anilines is 1. The molecule has 1 aliphatic rings. The lowest BCUT2D eigenvalue weighted by Crippen LogP contribution is -2.40. The number of nitrogens with one attached hydrogen (secondary N) is 4. The fourth-order valence-electron chi connectivity index (χ4n) is 4.74. The van der Waals surface area contributed by atoms with E-state index in [0.717, 1.165) is 46.7 Å². The van der Waals surface area contributed by atoms with Gasteiger partial charge in [0.25, 0.3) is 0 Å². The van der Waals surface area contributed by atoms with Crippen LogP contribution < -0.4 is 20.7 Å². The maximum Gasteiger partial charge on any atom is 0.407 e. The Balaban J connectivity index is 1.46. The van der Waals surface area contributed by atoms with Gasteiger partial charge < -0.3 is 25.2 Å². The first-order chi connectivity index (χ1) is 20.0. The Morgan fingerprint density at radius 2 is 1.81 bits per heavy atom. The molecule has 4 N–H and O–H groups in total. The lowest BCUT2D eigenvalue weighted by atomic mass is 9.86. The average Bonchev–Trinajstić information content (AvgIpc) is 3.42. The van der Waals surface area contributed by atoms with Gasteiger partial charge in [0.05, 0.1) is 38.5 Å². The van der Waals surface area contributed by atoms with Gasteiger partial charge in [-0.3, -0.25) is 0 Å². The summed E-state index contributed by atoms with van der Waals surface area (Å²) < 4.78 is 21.9. The van der Waals surface area contributed by atoms with E-state index in [1.54, 1.807) is 17.4 Å². The van der Waals surface area contributed by atoms with Crippen molar-refractivity contribution in [2.75, 3.05) is 5.32 Å². The van der Waals surface area contributed by atoms with Crippen LogP contribution in [0.15, 0.2) is 59.6 Å². The third-order valence-corrected chi connectivity index (χ3v) is 9.39. The molecule has 2 aromatic carbocycles. The van der Waals surface area contributed by atoms with Crippen LogP contribution in [0, 0.1) is 0 Å². The molecule has 4 rings (SSSR count). The minimum absolute atomic E-state index is 0.106. The second-order valence-electron chi connectivity index (χ2n) is 11.8. The van der Waals surface area contributed by atoms with Gasteiger partial charge in [-0.05, 0) is 78.0 Å². The minimum atomic E-state index is -1.53. The number of amides is 3. The summed E-state index contributed by atoms with van der Waals surface area (Å²) in [6, 6.07) is 14.9. The van der Waals surface area contributed by atoms with E-state index in [2.05, 4.69) is 20.7 Å². The van der Waals surface area contributed by atoms with Gasteiger partial charge in [-0.2, -0.15) is 0 Å². The molecule has 1 aliphatic carbocycles. The second-order valence-corrected chi connectivity index (χ2v) is 14.1. The molecule has 1 fully saturated rings. The van der Waals surface area contributed by atoms with E-state index in [9.17, 15) is 14.1 Å². The highest BCUT2D eigenvalue weighted by molar-refractivity contribution is 7.89. The zero-order valence-corrected chi connectivity index (χ0v) is 26.5. The highest BCUT2D eigenvalue weighted by Crippen LogP contribution is 2.40. The minimum Gasteiger partial charge on any atom is -0.593 e. The topological polar surface area (TPSA) is 127 Å². The van der Waals surface area contributed by atoms with Crippen molar-refractivity contribution < 1.29 is 18.9 Å². The summed E-state index contributed by atoms with van der Waals surface area (Å²) in [6.45, 7) is 9.96. The first-order valence-electron chi connectivity index (χ1n) is 14.3. The summed E-state index contributed by atoms with van der Waals surface area (Å²) in [4.78, 5) is 30.8. The molecule has 3 aromatic rings. The first-order valence-corrected chi connectivity index (χ1v) is 16.3. The Hall–Kier alpha value is -3.12. The molecule has 1 aromatic heterocycles. The molecule has 3 amide bonds. The number of aromatic nitrogens is 1. The average molecular weight is 612 g/mol. The van der Waals surface area contributed by atoms with Crippen molar-refractivity contribution in [3.05, 3.63) is 65.3 Å². The summed E-state index contributed by atoms with van der Waals surface area (Å²) in [6.07, 6.45) is 4.91. The number of carbonyl (C=O) groups excluding carboxylic acids is 2. The Kier molecular flexibility index (Phi) is 10.9. The standard InChI is InChI=1S/C31H41N5O4S2/c1-20(2)40-30(38)35-23-13-11-22(12-14-23)28-32-19-26(41-28)25-16-15-24(17-27(25)42(39)36-31(3,4)5)34-29(37)33-18-21-9-7-6-8-10-21/h6-10,15-17,19-20,22-23,36H,11-14,18H2,1-5H3,(H,35,38)(H2,33,34,37)/t22-,23+,42?. The smallest absolute Gasteiger partial charge is 0.407 e. The monoisotopic (exact) mass is 611 g/mol. The van der Waals surface area contributed by atoms with Crippen molar-refractivity contribution in [2.45, 2.75) is 95.3 Å². The molecule has 0 radical (unpaired) electrons. The Bertz CT molecular complexity index is 1330. The number of nitrogens with zero attached hydrogens (tertiary/aromatic N) is 1. The summed E-state index contributed by atoms with van der Waals surface area (Å²) in [7, 11) is 0. The van der Waals surface area contributed by atoms with E-state index in [4.69, 9.17) is 9.72 Å². The van der Waals surface area contributed by atoms with E-state index in [1.165, 1.54) is 0 Å². The molecule has 0 aliphatic heterocycles. The van der Waals surface area contributed by atoms with Gasteiger partial charge in [0.2, 0.25) is 0 Å². The van der Waals surface area contributed by atoms with E-state index >= 15 is 0 Å². The van der Waals surface area contributed by atoms with Gasteiger partial charge in [0.15, 0.2) is 4.90 Å². The Morgan fingerprint density at radius 3 is 2.48 bits per heavy atom. The van der Waals surface area contributed by atoms with Crippen molar-refractivity contribution in [3.63, 3.8) is 0 Å². The lowest BCUT2D eigenvalue weighted by molar-refractivity contribution is 0.109. The van der Waals surface area contributed by atoms with Gasteiger partial charge in [-0.15, -0.1) is 16.1 Å². The molecule has 1 saturated carbocycles. The van der Waals surface area contributed by atoms with Crippen LogP contribution in [0.25, 0.3) is 10.4 Å². The lowest BCUT2D eigenvalue weighted by Gasteiger charge is -2.28. The predicted molar refractivity (Wildman–Crippen MR) is 169 cm³/mol. The van der Waals surface area contributed by atoms with Crippen molar-refractivity contribution in [1.29, 1.82) is 0 Å². The van der Waals surface area contributed by atoms with Gasteiger partial charge in [-0.25, -0.2) is 14.6 Å². The molecule has 9 nitrogen and oxygen atoms in total. The molecule has 11 heteroatoms. The van der Waals surface area contributed by atoms with E-state index in [1.807, 2.05) is 83.3 Å². The number of benzene rings is 2. The maximum atomic E-state index is 13.5. The fourth-order valence-corrected chi connectivity index (χ4v) is 7.21. The molecule has 1 atom stereocenters. The van der Waals surface area contributed by atoms with Crippen molar-refractivity contribution in [1.82, 2.24) is 20.3 Å². The fraction of sp³-hybridized carbons (Fsp3) is 0.452. The highest BCUT2D eigenvalue weighted by Gasteiger charge is 2.29. The largest absolute Gasteiger partial charge is 0.593 e. The molecule has 226 valence electrons. The van der Waals surface area contributed by atoms with Crippen LogP contribution in [0.5, 0.6) is 0 Å². The van der Waals surface area contributed by atoms with Crippen molar-refractivity contribution in [2.24, 2.45) is 0 Å². The molecular weight excluding hydrogens is 571 g/mol. The molecule has 0 bridgehead atoms. The van der Waals surface area contributed by atoms with Crippen molar-refractivity contribution >= 4 is 40.5 Å². The Morgan fingerprint density at radius 1 is 1.10 bits per heavy atom. The number of hydrogen-bond acceptors (Lipinski definition) is 7. The van der Waals surface area contributed by atoms with Crippen LogP contribution in [0.4, 0.5) is 15.3 Å². The first kappa shape index (κ1) is 31.8.